The molecule has 2 amide bonds. The van der Waals surface area contributed by atoms with E-state index in [4.69, 9.17) is 15.5 Å². The molecule has 0 saturated heterocycles. The number of ether oxygens (including phenoxy) is 1. The van der Waals surface area contributed by atoms with E-state index >= 15 is 0 Å². The van der Waals surface area contributed by atoms with E-state index in [1.165, 1.54) is 11.3 Å². The number of allylic oxidation sites excluding steroid dienone is 3. The average molecular weight is 576 g/mol. The molecule has 1 aromatic heterocycles. The summed E-state index contributed by atoms with van der Waals surface area (Å²) in [5.74, 6) is 2.41. The van der Waals surface area contributed by atoms with E-state index in [9.17, 15) is 9.59 Å². The Labute approximate surface area is 247 Å². The lowest BCUT2D eigenvalue weighted by Crippen LogP contribution is -2.38. The lowest BCUT2D eigenvalue weighted by molar-refractivity contribution is 0.0838. The summed E-state index contributed by atoms with van der Waals surface area (Å²) in [6.45, 7) is 8.99. The zero-order chi connectivity index (χ0) is 29.5. The zero-order valence-electron chi connectivity index (χ0n) is 24.5. The van der Waals surface area contributed by atoms with Gasteiger partial charge in [0.15, 0.2) is 12.0 Å². The Balaban J connectivity index is 0.000000909. The second kappa shape index (κ2) is 13.8. The maximum absolute atomic E-state index is 13.1. The van der Waals surface area contributed by atoms with E-state index < -0.39 is 0 Å². The van der Waals surface area contributed by atoms with E-state index in [0.29, 0.717) is 29.2 Å². The van der Waals surface area contributed by atoms with Crippen molar-refractivity contribution in [2.75, 3.05) is 13.6 Å². The third kappa shape index (κ3) is 7.74. The predicted octanol–water partition coefficient (Wildman–Crippen LogP) is 5.73. The summed E-state index contributed by atoms with van der Waals surface area (Å²) in [7, 11) is 1.78. The highest BCUT2D eigenvalue weighted by atomic mass is 32.1. The van der Waals surface area contributed by atoms with Crippen LogP contribution in [0.3, 0.4) is 0 Å². The van der Waals surface area contributed by atoms with Crippen LogP contribution in [0.5, 0.6) is 0 Å². The Hall–Kier alpha value is -3.69. The number of aliphatic imine (C=N–C) groups is 1. The number of amides is 2. The maximum Gasteiger partial charge on any atom is 0.266 e. The summed E-state index contributed by atoms with van der Waals surface area (Å²) in [6, 6.07) is 12.9. The van der Waals surface area contributed by atoms with Crippen molar-refractivity contribution in [1.29, 1.82) is 0 Å². The number of hydrogen-bond acceptors (Lipinski definition) is 7. The van der Waals surface area contributed by atoms with E-state index in [1.807, 2.05) is 55.6 Å². The van der Waals surface area contributed by atoms with Crippen LogP contribution in [-0.2, 0) is 4.74 Å². The van der Waals surface area contributed by atoms with E-state index in [2.05, 4.69) is 37.5 Å². The molecule has 9 heteroatoms. The van der Waals surface area contributed by atoms with Gasteiger partial charge in [0.05, 0.1) is 9.75 Å². The molecule has 5 rings (SSSR count). The van der Waals surface area contributed by atoms with Gasteiger partial charge in [0.25, 0.3) is 11.8 Å². The monoisotopic (exact) mass is 575 g/mol. The zero-order valence-corrected chi connectivity index (χ0v) is 25.3. The molecule has 0 saturated carbocycles. The molecule has 8 nitrogen and oxygen atoms in total. The van der Waals surface area contributed by atoms with Gasteiger partial charge < -0.3 is 26.0 Å². The molecular weight excluding hydrogens is 534 g/mol. The molecule has 0 radical (unpaired) electrons. The molecule has 41 heavy (non-hydrogen) atoms. The Morgan fingerprint density at radius 3 is 2.59 bits per heavy atom. The number of nitrogens with zero attached hydrogens (tertiary/aromatic N) is 2. The Kier molecular flexibility index (Phi) is 10.2. The van der Waals surface area contributed by atoms with Gasteiger partial charge in [0.2, 0.25) is 0 Å². The van der Waals surface area contributed by atoms with Crippen LogP contribution < -0.4 is 16.4 Å². The van der Waals surface area contributed by atoms with E-state index in [-0.39, 0.29) is 29.9 Å². The summed E-state index contributed by atoms with van der Waals surface area (Å²) in [5.41, 5.74) is 8.25. The molecule has 1 aromatic carbocycles. The molecule has 3 atom stereocenters. The van der Waals surface area contributed by atoms with Crippen molar-refractivity contribution in [3.05, 3.63) is 87.5 Å². The van der Waals surface area contributed by atoms with Crippen molar-refractivity contribution in [1.82, 2.24) is 15.5 Å². The van der Waals surface area contributed by atoms with E-state index in [0.717, 1.165) is 40.8 Å². The normalized spacial score (nSPS) is 21.1. The fraction of sp³-hybridized carbons (Fsp3) is 0.406. The lowest BCUT2D eigenvalue weighted by Gasteiger charge is -2.35. The molecule has 0 bridgehead atoms. The number of hydrogen-bond donors (Lipinski definition) is 3. The summed E-state index contributed by atoms with van der Waals surface area (Å²) >= 11 is 1.38. The highest BCUT2D eigenvalue weighted by Crippen LogP contribution is 2.39. The molecule has 3 heterocycles. The van der Waals surface area contributed by atoms with Crippen LogP contribution in [0.1, 0.15) is 71.9 Å². The first-order valence-corrected chi connectivity index (χ1v) is 15.0. The van der Waals surface area contributed by atoms with Crippen molar-refractivity contribution in [2.45, 2.75) is 53.2 Å². The number of nitrogens with two attached hydrogens (primary N) is 1. The number of likely N-dealkylation sites (N-methyl/N-ethyl adjacent to an activating group) is 1. The first kappa shape index (κ1) is 30.3. The minimum absolute atomic E-state index is 0.0755. The highest BCUT2D eigenvalue weighted by Gasteiger charge is 2.33. The molecule has 2 aromatic rings. The van der Waals surface area contributed by atoms with Gasteiger partial charge in [-0.05, 0) is 68.5 Å². The summed E-state index contributed by atoms with van der Waals surface area (Å²) in [6.07, 6.45) is 8.06. The molecular formula is C32H41N5O3S. The number of nitrogens with one attached hydrogen (secondary N) is 2. The molecule has 0 spiro atoms. The first-order valence-electron chi connectivity index (χ1n) is 14.2. The molecule has 0 fully saturated rings. The van der Waals surface area contributed by atoms with Gasteiger partial charge in [-0.15, -0.1) is 11.3 Å². The second-order valence-corrected chi connectivity index (χ2v) is 12.2. The minimum Gasteiger partial charge on any atom is -0.468 e. The quantitative estimate of drug-likeness (QED) is 0.408. The van der Waals surface area contributed by atoms with Crippen LogP contribution >= 0.6 is 11.3 Å². The predicted molar refractivity (Wildman–Crippen MR) is 166 cm³/mol. The van der Waals surface area contributed by atoms with Crippen molar-refractivity contribution in [2.24, 2.45) is 28.5 Å². The van der Waals surface area contributed by atoms with Gasteiger partial charge >= 0.3 is 0 Å². The minimum atomic E-state index is -0.192. The molecule has 218 valence electrons. The number of benzene rings is 1. The maximum atomic E-state index is 13.1. The van der Waals surface area contributed by atoms with Crippen LogP contribution in [0.4, 0.5) is 0 Å². The molecule has 4 N–H and O–H groups in total. The molecule has 2 aliphatic heterocycles. The lowest BCUT2D eigenvalue weighted by atomic mass is 9.77. The number of amidine groups is 1. The van der Waals surface area contributed by atoms with E-state index in [1.54, 1.807) is 18.0 Å². The molecule has 3 unspecified atom stereocenters. The van der Waals surface area contributed by atoms with Crippen molar-refractivity contribution >= 4 is 34.7 Å². The van der Waals surface area contributed by atoms with Gasteiger partial charge in [-0.1, -0.05) is 45.0 Å². The van der Waals surface area contributed by atoms with Crippen LogP contribution in [0.15, 0.2) is 77.2 Å². The summed E-state index contributed by atoms with van der Waals surface area (Å²) in [5, 5.41) is 6.13. The third-order valence-electron chi connectivity index (χ3n) is 6.88. The van der Waals surface area contributed by atoms with Crippen LogP contribution in [0, 0.1) is 17.8 Å². The van der Waals surface area contributed by atoms with Crippen LogP contribution in [0.2, 0.25) is 0 Å². The second-order valence-electron chi connectivity index (χ2n) is 11.2. The summed E-state index contributed by atoms with van der Waals surface area (Å²) in [4.78, 5) is 34.0. The Bertz CT molecular complexity index is 1360. The van der Waals surface area contributed by atoms with Crippen molar-refractivity contribution in [3.63, 3.8) is 0 Å². The summed E-state index contributed by atoms with van der Waals surface area (Å²) < 4.78 is 5.72. The molecule has 3 aliphatic rings. The Morgan fingerprint density at radius 1 is 1.20 bits per heavy atom. The first-order chi connectivity index (χ1) is 19.7. The smallest absolute Gasteiger partial charge is 0.266 e. The third-order valence-corrected chi connectivity index (χ3v) is 7.98. The SMILES string of the molecule is CC(C)C.CC1NC=C(c2ccc(C(=O)NC3=NC4=CC(N(C)C(=O)c5ccccc5)=CCC4C(CCN)C3)s2)O1. The fourth-order valence-electron chi connectivity index (χ4n) is 4.91. The largest absolute Gasteiger partial charge is 0.468 e. The van der Waals surface area contributed by atoms with Crippen molar-refractivity contribution < 1.29 is 14.3 Å². The van der Waals surface area contributed by atoms with Crippen LogP contribution in [0.25, 0.3) is 5.76 Å². The highest BCUT2D eigenvalue weighted by molar-refractivity contribution is 7.15. The van der Waals surface area contributed by atoms with Gasteiger partial charge in [-0.25, -0.2) is 4.99 Å². The molecule has 1 aliphatic carbocycles. The number of rotatable bonds is 6. The van der Waals surface area contributed by atoms with Crippen molar-refractivity contribution in [3.8, 4) is 0 Å². The Morgan fingerprint density at radius 2 is 1.93 bits per heavy atom. The number of thiophene rings is 1. The average Bonchev–Trinajstić information content (AvgIpc) is 3.62. The number of carbonyl (C=O) groups excluding carboxylic acids is 2. The standard InChI is InChI=1S/C28H31N5O3S.C4H10/c1-17-30-16-23(36-17)24-10-11-25(37-24)27(34)32-26-14-19(12-13-29)21-9-8-20(15-22(21)31-26)33(2)28(35)18-6-4-3-5-7-18;1-4(2)3/h3-8,10-11,15-17,19,21,30H,9,12-14,29H2,1-2H3,(H,31,32,34);4H,1-3H3. The number of carbonyl (C=O) groups is 2. The van der Waals surface area contributed by atoms with Gasteiger partial charge in [0, 0.05) is 42.5 Å². The van der Waals surface area contributed by atoms with Gasteiger partial charge in [0.1, 0.15) is 5.84 Å². The van der Waals surface area contributed by atoms with Gasteiger partial charge in [-0.3, -0.25) is 9.59 Å². The topological polar surface area (TPSA) is 109 Å². The fourth-order valence-corrected chi connectivity index (χ4v) is 5.78. The van der Waals surface area contributed by atoms with Gasteiger partial charge in [-0.2, -0.15) is 0 Å². The number of fused-ring (bicyclic) bond motifs is 1. The van der Waals surface area contributed by atoms with Crippen LogP contribution in [-0.4, -0.2) is 42.4 Å².